The third-order valence-corrected chi connectivity index (χ3v) is 6.34. The first-order valence-electron chi connectivity index (χ1n) is 11.5. The molecule has 0 bridgehead atoms. The van der Waals surface area contributed by atoms with Crippen LogP contribution in [0.2, 0.25) is 0 Å². The molecule has 1 aliphatic heterocycles. The van der Waals surface area contributed by atoms with Gasteiger partial charge in [0.1, 0.15) is 5.82 Å². The van der Waals surface area contributed by atoms with Crippen LogP contribution in [0.25, 0.3) is 5.69 Å². The van der Waals surface area contributed by atoms with Crippen molar-refractivity contribution in [3.63, 3.8) is 0 Å². The van der Waals surface area contributed by atoms with Crippen LogP contribution in [0.4, 0.5) is 19.0 Å². The number of carbonyl (C=O) groups is 1. The van der Waals surface area contributed by atoms with Gasteiger partial charge in [-0.3, -0.25) is 4.79 Å². The number of piperazine rings is 1. The van der Waals surface area contributed by atoms with Crippen molar-refractivity contribution in [3.8, 4) is 5.69 Å². The van der Waals surface area contributed by atoms with Gasteiger partial charge < -0.3 is 15.1 Å². The molecule has 0 radical (unpaired) electrons. The molecule has 1 saturated heterocycles. The summed E-state index contributed by atoms with van der Waals surface area (Å²) in [6.07, 6.45) is -2.60. The highest BCUT2D eigenvalue weighted by molar-refractivity contribution is 5.79. The Hall–Kier alpha value is -3.40. The van der Waals surface area contributed by atoms with E-state index < -0.39 is 11.7 Å². The molecule has 2 aromatic heterocycles. The van der Waals surface area contributed by atoms with E-state index in [1.165, 1.54) is 10.7 Å². The largest absolute Gasteiger partial charge is 0.416 e. The molecule has 0 saturated carbocycles. The first-order chi connectivity index (χ1) is 16.6. The minimum atomic E-state index is -4.44. The van der Waals surface area contributed by atoms with E-state index in [1.54, 1.807) is 26.1 Å². The van der Waals surface area contributed by atoms with Crippen LogP contribution in [0, 0.1) is 13.8 Å². The summed E-state index contributed by atoms with van der Waals surface area (Å²) in [7, 11) is 2.09. The van der Waals surface area contributed by atoms with Crippen LogP contribution < -0.4 is 10.2 Å². The van der Waals surface area contributed by atoms with Gasteiger partial charge in [-0.05, 0) is 45.2 Å². The van der Waals surface area contributed by atoms with Gasteiger partial charge in [0.2, 0.25) is 5.91 Å². The van der Waals surface area contributed by atoms with Crippen LogP contribution >= 0.6 is 0 Å². The van der Waals surface area contributed by atoms with Crippen LogP contribution in [0.15, 0.2) is 42.6 Å². The van der Waals surface area contributed by atoms with E-state index in [1.807, 2.05) is 12.1 Å². The average Bonchev–Trinajstić information content (AvgIpc) is 3.11. The van der Waals surface area contributed by atoms with Crippen molar-refractivity contribution < 1.29 is 18.0 Å². The number of nitrogens with zero attached hydrogens (tertiary/aromatic N) is 5. The van der Waals surface area contributed by atoms with Gasteiger partial charge in [0.05, 0.1) is 23.4 Å². The normalized spacial score (nSPS) is 14.9. The fourth-order valence-electron chi connectivity index (χ4n) is 4.28. The summed E-state index contributed by atoms with van der Waals surface area (Å²) in [5, 5.41) is 7.37. The summed E-state index contributed by atoms with van der Waals surface area (Å²) in [4.78, 5) is 21.9. The Morgan fingerprint density at radius 3 is 2.54 bits per heavy atom. The van der Waals surface area contributed by atoms with E-state index in [9.17, 15) is 18.0 Å². The SMILES string of the molecule is Cc1nn(-c2cccc(C(F)(F)F)c2)c(C)c1CC(=O)NCc1cccnc1N1CCN(C)CC1. The van der Waals surface area contributed by atoms with Crippen LogP contribution in [-0.4, -0.2) is 58.8 Å². The highest BCUT2D eigenvalue weighted by Gasteiger charge is 2.31. The number of benzene rings is 1. The topological polar surface area (TPSA) is 66.3 Å². The number of alkyl halides is 3. The number of pyridine rings is 1. The van der Waals surface area contributed by atoms with Crippen molar-refractivity contribution in [2.45, 2.75) is 33.0 Å². The predicted molar refractivity (Wildman–Crippen MR) is 128 cm³/mol. The van der Waals surface area contributed by atoms with E-state index in [-0.39, 0.29) is 12.3 Å². The lowest BCUT2D eigenvalue weighted by molar-refractivity contribution is -0.137. The van der Waals surface area contributed by atoms with E-state index in [0.717, 1.165) is 49.7 Å². The molecular formula is C25H29F3N6O. The van der Waals surface area contributed by atoms with Gasteiger partial charge in [-0.2, -0.15) is 18.3 Å². The van der Waals surface area contributed by atoms with E-state index in [0.29, 0.717) is 29.2 Å². The van der Waals surface area contributed by atoms with Crippen molar-refractivity contribution in [2.75, 3.05) is 38.1 Å². The van der Waals surface area contributed by atoms with Gasteiger partial charge >= 0.3 is 6.18 Å². The molecule has 1 aromatic carbocycles. The standard InChI is InChI=1S/C25H29F3N6O/c1-17-22(18(2)34(31-17)21-8-4-7-20(14-21)25(26,27)28)15-23(35)30-16-19-6-5-9-29-24(19)33-12-10-32(3)11-13-33/h4-9,14H,10-13,15-16H2,1-3H3,(H,30,35). The molecule has 35 heavy (non-hydrogen) atoms. The Morgan fingerprint density at radius 1 is 1.09 bits per heavy atom. The van der Waals surface area contributed by atoms with Gasteiger partial charge in [0, 0.05) is 55.7 Å². The van der Waals surface area contributed by atoms with Crippen LogP contribution in [0.5, 0.6) is 0 Å². The maximum atomic E-state index is 13.1. The van der Waals surface area contributed by atoms with Crippen molar-refractivity contribution in [2.24, 2.45) is 0 Å². The van der Waals surface area contributed by atoms with Gasteiger partial charge in [0.25, 0.3) is 0 Å². The third-order valence-electron chi connectivity index (χ3n) is 6.34. The number of aromatic nitrogens is 3. The number of hydrogen-bond acceptors (Lipinski definition) is 5. The molecule has 1 N–H and O–H groups in total. The molecule has 0 unspecified atom stereocenters. The van der Waals surface area contributed by atoms with Crippen molar-refractivity contribution in [1.82, 2.24) is 25.0 Å². The molecule has 0 spiro atoms. The quantitative estimate of drug-likeness (QED) is 0.578. The van der Waals surface area contributed by atoms with Crippen LogP contribution in [0.1, 0.15) is 28.1 Å². The van der Waals surface area contributed by atoms with Crippen LogP contribution in [0.3, 0.4) is 0 Å². The monoisotopic (exact) mass is 486 g/mol. The average molecular weight is 487 g/mol. The second-order valence-electron chi connectivity index (χ2n) is 8.84. The smallest absolute Gasteiger partial charge is 0.354 e. The number of halogens is 3. The Bertz CT molecular complexity index is 1200. The van der Waals surface area contributed by atoms with Crippen LogP contribution in [-0.2, 0) is 23.9 Å². The number of anilines is 1. The molecule has 1 amide bonds. The number of carbonyl (C=O) groups excluding carboxylic acids is 1. The molecule has 3 heterocycles. The van der Waals surface area contributed by atoms with Gasteiger partial charge in [-0.25, -0.2) is 9.67 Å². The highest BCUT2D eigenvalue weighted by Crippen LogP contribution is 2.31. The first kappa shape index (κ1) is 24.7. The molecule has 1 fully saturated rings. The van der Waals surface area contributed by atoms with Gasteiger partial charge in [0.15, 0.2) is 0 Å². The Kier molecular flexibility index (Phi) is 7.11. The molecule has 10 heteroatoms. The molecule has 186 valence electrons. The minimum absolute atomic E-state index is 0.0841. The zero-order valence-corrected chi connectivity index (χ0v) is 20.1. The molecule has 4 rings (SSSR count). The predicted octanol–water partition coefficient (Wildman–Crippen LogP) is 3.51. The van der Waals surface area contributed by atoms with E-state index in [2.05, 4.69) is 32.2 Å². The van der Waals surface area contributed by atoms with Crippen molar-refractivity contribution in [1.29, 1.82) is 0 Å². The lowest BCUT2D eigenvalue weighted by Crippen LogP contribution is -2.45. The number of hydrogen-bond donors (Lipinski definition) is 1. The Morgan fingerprint density at radius 2 is 1.83 bits per heavy atom. The third kappa shape index (κ3) is 5.64. The van der Waals surface area contributed by atoms with E-state index >= 15 is 0 Å². The fourth-order valence-corrected chi connectivity index (χ4v) is 4.28. The first-order valence-corrected chi connectivity index (χ1v) is 11.5. The lowest BCUT2D eigenvalue weighted by atomic mass is 10.1. The van der Waals surface area contributed by atoms with E-state index in [4.69, 9.17) is 0 Å². The number of rotatable bonds is 6. The summed E-state index contributed by atoms with van der Waals surface area (Å²) in [5.41, 5.74) is 2.45. The number of aryl methyl sites for hydroxylation is 1. The molecule has 7 nitrogen and oxygen atoms in total. The lowest BCUT2D eigenvalue weighted by Gasteiger charge is -2.34. The molecule has 0 aliphatic carbocycles. The minimum Gasteiger partial charge on any atom is -0.354 e. The highest BCUT2D eigenvalue weighted by atomic mass is 19.4. The number of nitrogens with one attached hydrogen (secondary N) is 1. The zero-order chi connectivity index (χ0) is 25.2. The van der Waals surface area contributed by atoms with Crippen molar-refractivity contribution in [3.05, 3.63) is 70.7 Å². The fraction of sp³-hybridized carbons (Fsp3) is 0.400. The molecule has 0 atom stereocenters. The van der Waals surface area contributed by atoms with Gasteiger partial charge in [-0.1, -0.05) is 12.1 Å². The molecule has 1 aliphatic rings. The summed E-state index contributed by atoms with van der Waals surface area (Å²) in [5.74, 6) is 0.693. The zero-order valence-electron chi connectivity index (χ0n) is 20.1. The van der Waals surface area contributed by atoms with Crippen molar-refractivity contribution >= 4 is 11.7 Å². The summed E-state index contributed by atoms with van der Waals surface area (Å²) < 4.78 is 40.9. The second kappa shape index (κ2) is 10.1. The summed E-state index contributed by atoms with van der Waals surface area (Å²) in [6.45, 7) is 7.52. The Labute approximate surface area is 202 Å². The van der Waals surface area contributed by atoms with Gasteiger partial charge in [-0.15, -0.1) is 0 Å². The summed E-state index contributed by atoms with van der Waals surface area (Å²) in [6, 6.07) is 8.83. The number of amides is 1. The maximum absolute atomic E-state index is 13.1. The molecule has 3 aromatic rings. The maximum Gasteiger partial charge on any atom is 0.416 e. The number of likely N-dealkylation sites (N-methyl/N-ethyl adjacent to an activating group) is 1. The summed E-state index contributed by atoms with van der Waals surface area (Å²) >= 11 is 0. The second-order valence-corrected chi connectivity index (χ2v) is 8.84. The Balaban J connectivity index is 1.45. The molecular weight excluding hydrogens is 457 g/mol.